The maximum absolute atomic E-state index is 12.5. The molecule has 0 aliphatic carbocycles. The van der Waals surface area contributed by atoms with Crippen LogP contribution in [0.5, 0.6) is 11.5 Å². The Morgan fingerprint density at radius 2 is 1.90 bits per heavy atom. The first-order chi connectivity index (χ1) is 14.5. The molecule has 0 saturated heterocycles. The normalized spacial score (nSPS) is 10.5. The molecule has 0 atom stereocenters. The summed E-state index contributed by atoms with van der Waals surface area (Å²) in [5.41, 5.74) is 1.47. The lowest BCUT2D eigenvalue weighted by Gasteiger charge is -2.10. The smallest absolute Gasteiger partial charge is 0.286 e. The van der Waals surface area contributed by atoms with E-state index >= 15 is 0 Å². The fourth-order valence-corrected chi connectivity index (χ4v) is 3.67. The average Bonchev–Trinajstić information content (AvgIpc) is 3.25. The Hall–Kier alpha value is -3.53. The molecule has 3 rings (SSSR count). The lowest BCUT2D eigenvalue weighted by molar-refractivity contribution is -0.385. The van der Waals surface area contributed by atoms with Gasteiger partial charge in [-0.2, -0.15) is 0 Å². The fourth-order valence-electron chi connectivity index (χ4n) is 2.82. The molecule has 3 aromatic rings. The van der Waals surface area contributed by atoms with Crippen molar-refractivity contribution < 1.29 is 19.2 Å². The molecule has 0 saturated carbocycles. The lowest BCUT2D eigenvalue weighted by Crippen LogP contribution is -2.25. The predicted octanol–water partition coefficient (Wildman–Crippen LogP) is 3.49. The number of thiazole rings is 1. The monoisotopic (exact) mass is 428 g/mol. The first-order valence-electron chi connectivity index (χ1n) is 9.07. The van der Waals surface area contributed by atoms with E-state index in [1.165, 1.54) is 26.4 Å². The van der Waals surface area contributed by atoms with Crippen molar-refractivity contribution >= 4 is 22.9 Å². The van der Waals surface area contributed by atoms with Crippen molar-refractivity contribution in [3.05, 3.63) is 62.7 Å². The number of hydrogen-bond donors (Lipinski definition) is 1. The largest absolute Gasteiger partial charge is 0.493 e. The molecule has 0 bridgehead atoms. The lowest BCUT2D eigenvalue weighted by atomic mass is 10.1. The number of nitrogens with zero attached hydrogens (tertiary/aromatic N) is 3. The van der Waals surface area contributed by atoms with Gasteiger partial charge in [-0.15, -0.1) is 11.3 Å². The number of hydrogen-bond acceptors (Lipinski definition) is 8. The molecule has 9 nitrogen and oxygen atoms in total. The predicted molar refractivity (Wildman–Crippen MR) is 112 cm³/mol. The highest BCUT2D eigenvalue weighted by Crippen LogP contribution is 2.34. The summed E-state index contributed by atoms with van der Waals surface area (Å²) < 4.78 is 10.2. The van der Waals surface area contributed by atoms with Crippen LogP contribution in [0.2, 0.25) is 0 Å². The maximum Gasteiger partial charge on any atom is 0.286 e. The third kappa shape index (κ3) is 4.90. The third-order valence-corrected chi connectivity index (χ3v) is 5.23. The van der Waals surface area contributed by atoms with Gasteiger partial charge in [-0.25, -0.2) is 4.98 Å². The number of methoxy groups -OCH3 is 2. The molecule has 1 N–H and O–H groups in total. The molecule has 156 valence electrons. The van der Waals surface area contributed by atoms with E-state index in [2.05, 4.69) is 15.3 Å². The summed E-state index contributed by atoms with van der Waals surface area (Å²) in [6.45, 7) is 0.356. The van der Waals surface area contributed by atoms with Crippen LogP contribution in [0.15, 0.2) is 42.0 Å². The molecule has 1 aromatic carbocycles. The number of carbonyl (C=O) groups is 1. The van der Waals surface area contributed by atoms with Gasteiger partial charge >= 0.3 is 0 Å². The van der Waals surface area contributed by atoms with Crippen LogP contribution in [0.1, 0.15) is 21.8 Å². The minimum Gasteiger partial charge on any atom is -0.493 e. The zero-order chi connectivity index (χ0) is 21.5. The van der Waals surface area contributed by atoms with Gasteiger partial charge in [-0.3, -0.25) is 19.9 Å². The van der Waals surface area contributed by atoms with Crippen LogP contribution >= 0.6 is 11.3 Å². The second-order valence-corrected chi connectivity index (χ2v) is 7.15. The molecule has 0 spiro atoms. The van der Waals surface area contributed by atoms with Crippen LogP contribution in [-0.4, -0.2) is 41.6 Å². The number of ether oxygens (including phenoxy) is 2. The Morgan fingerprint density at radius 1 is 1.20 bits per heavy atom. The molecular weight excluding hydrogens is 408 g/mol. The Labute approximate surface area is 176 Å². The van der Waals surface area contributed by atoms with Crippen molar-refractivity contribution in [1.82, 2.24) is 15.3 Å². The van der Waals surface area contributed by atoms with E-state index in [4.69, 9.17) is 9.47 Å². The van der Waals surface area contributed by atoms with Gasteiger partial charge in [-0.1, -0.05) is 0 Å². The van der Waals surface area contributed by atoms with Gasteiger partial charge in [0.05, 0.1) is 35.9 Å². The number of nitro groups is 1. The first kappa shape index (κ1) is 21.2. The summed E-state index contributed by atoms with van der Waals surface area (Å²) in [7, 11) is 2.78. The van der Waals surface area contributed by atoms with E-state index in [1.54, 1.807) is 23.7 Å². The quantitative estimate of drug-likeness (QED) is 0.315. The van der Waals surface area contributed by atoms with Gasteiger partial charge < -0.3 is 14.8 Å². The van der Waals surface area contributed by atoms with Gasteiger partial charge in [-0.05, 0) is 18.6 Å². The highest BCUT2D eigenvalue weighted by molar-refractivity contribution is 7.09. The van der Waals surface area contributed by atoms with Crippen molar-refractivity contribution in [2.45, 2.75) is 12.8 Å². The van der Waals surface area contributed by atoms with Crippen LogP contribution in [0.3, 0.4) is 0 Å². The molecule has 1 amide bonds. The summed E-state index contributed by atoms with van der Waals surface area (Å²) in [4.78, 5) is 31.8. The molecule has 0 radical (unpaired) electrons. The number of nitrogens with one attached hydrogen (secondary N) is 1. The third-order valence-electron chi connectivity index (χ3n) is 4.32. The van der Waals surface area contributed by atoms with Gasteiger partial charge in [0.25, 0.3) is 11.6 Å². The number of amides is 1. The number of benzene rings is 1. The minimum absolute atomic E-state index is 0.0770. The summed E-state index contributed by atoms with van der Waals surface area (Å²) in [6.07, 6.45) is 4.77. The molecule has 30 heavy (non-hydrogen) atoms. The molecule has 2 aromatic heterocycles. The van der Waals surface area contributed by atoms with Crippen molar-refractivity contribution in [2.24, 2.45) is 0 Å². The highest BCUT2D eigenvalue weighted by atomic mass is 32.1. The second-order valence-electron chi connectivity index (χ2n) is 6.20. The number of nitro benzene ring substituents is 1. The summed E-state index contributed by atoms with van der Waals surface area (Å²) >= 11 is 1.55. The summed E-state index contributed by atoms with van der Waals surface area (Å²) in [5, 5.41) is 17.0. The van der Waals surface area contributed by atoms with Crippen LogP contribution in [0.25, 0.3) is 11.3 Å². The zero-order valence-corrected chi connectivity index (χ0v) is 17.3. The minimum atomic E-state index is -0.618. The second kappa shape index (κ2) is 9.79. The summed E-state index contributed by atoms with van der Waals surface area (Å²) in [5.74, 6) is -0.103. The van der Waals surface area contributed by atoms with Gasteiger partial charge in [0, 0.05) is 42.4 Å². The fraction of sp³-hybridized carbons (Fsp3) is 0.250. The number of rotatable bonds is 9. The highest BCUT2D eigenvalue weighted by Gasteiger charge is 2.24. The average molecular weight is 428 g/mol. The molecule has 10 heteroatoms. The molecule has 2 heterocycles. The topological polar surface area (TPSA) is 116 Å². The number of aryl methyl sites for hydroxylation is 1. The molecular formula is C20H20N4O5S. The first-order valence-corrected chi connectivity index (χ1v) is 9.95. The van der Waals surface area contributed by atoms with Crippen LogP contribution in [0, 0.1) is 10.1 Å². The molecule has 0 aliphatic rings. The van der Waals surface area contributed by atoms with Crippen LogP contribution in [-0.2, 0) is 6.42 Å². The van der Waals surface area contributed by atoms with E-state index in [0.29, 0.717) is 19.4 Å². The SMILES string of the molecule is COc1cc(C(=O)NCCCc2nc(-c3ccncc3)cs2)c([N+](=O)[O-])cc1OC. The molecule has 0 aliphatic heterocycles. The molecule has 0 unspecified atom stereocenters. The molecule has 0 fully saturated rings. The van der Waals surface area contributed by atoms with Gasteiger partial charge in [0.15, 0.2) is 11.5 Å². The number of carbonyl (C=O) groups excluding carboxylic acids is 1. The number of aromatic nitrogens is 2. The Balaban J connectivity index is 1.60. The Kier molecular flexibility index (Phi) is 6.91. The van der Waals surface area contributed by atoms with Crippen molar-refractivity contribution in [3.63, 3.8) is 0 Å². The Bertz CT molecular complexity index is 1040. The van der Waals surface area contributed by atoms with E-state index in [1.807, 2.05) is 17.5 Å². The standard InChI is InChI=1S/C20H20N4O5S/c1-28-17-10-14(16(24(26)27)11-18(17)29-2)20(25)22-7-3-4-19-23-15(12-30-19)13-5-8-21-9-6-13/h5-6,8-12H,3-4,7H2,1-2H3,(H,22,25). The van der Waals surface area contributed by atoms with E-state index in [0.717, 1.165) is 16.3 Å². The number of pyridine rings is 1. The van der Waals surface area contributed by atoms with E-state index < -0.39 is 10.8 Å². The van der Waals surface area contributed by atoms with Crippen molar-refractivity contribution in [3.8, 4) is 22.8 Å². The van der Waals surface area contributed by atoms with E-state index in [-0.39, 0.29) is 22.7 Å². The van der Waals surface area contributed by atoms with Crippen LogP contribution < -0.4 is 14.8 Å². The summed E-state index contributed by atoms with van der Waals surface area (Å²) in [6, 6.07) is 6.29. The van der Waals surface area contributed by atoms with Crippen molar-refractivity contribution in [1.29, 1.82) is 0 Å². The van der Waals surface area contributed by atoms with Crippen molar-refractivity contribution in [2.75, 3.05) is 20.8 Å². The Morgan fingerprint density at radius 3 is 2.57 bits per heavy atom. The van der Waals surface area contributed by atoms with Crippen LogP contribution in [0.4, 0.5) is 5.69 Å². The maximum atomic E-state index is 12.5. The van der Waals surface area contributed by atoms with Gasteiger partial charge in [0.2, 0.25) is 0 Å². The van der Waals surface area contributed by atoms with Gasteiger partial charge in [0.1, 0.15) is 5.56 Å². The zero-order valence-electron chi connectivity index (χ0n) is 16.5. The van der Waals surface area contributed by atoms with E-state index in [9.17, 15) is 14.9 Å².